The lowest BCUT2D eigenvalue weighted by Gasteiger charge is -2.32. The summed E-state index contributed by atoms with van der Waals surface area (Å²) in [6, 6.07) is 3.78. The number of phenolic OH excluding ortho intramolecular Hbond substituents is 1. The van der Waals surface area contributed by atoms with Crippen LogP contribution in [0.2, 0.25) is 0 Å². The van der Waals surface area contributed by atoms with Gasteiger partial charge in [-0.3, -0.25) is 0 Å². The van der Waals surface area contributed by atoms with Gasteiger partial charge in [-0.25, -0.2) is 0 Å². The zero-order valence-corrected chi connectivity index (χ0v) is 11.7. The van der Waals surface area contributed by atoms with E-state index in [-0.39, 0.29) is 0 Å². The molecule has 0 spiro atoms. The minimum absolute atomic E-state index is 0.314. The van der Waals surface area contributed by atoms with E-state index in [1.807, 2.05) is 19.9 Å². The van der Waals surface area contributed by atoms with Crippen molar-refractivity contribution >= 4 is 0 Å². The van der Waals surface area contributed by atoms with Crippen molar-refractivity contribution in [2.45, 2.75) is 38.8 Å². The van der Waals surface area contributed by atoms with E-state index in [9.17, 15) is 10.2 Å². The lowest BCUT2D eigenvalue weighted by molar-refractivity contribution is -0.0617. The number of benzene rings is 1. The van der Waals surface area contributed by atoms with Crippen molar-refractivity contribution < 1.29 is 14.9 Å². The van der Waals surface area contributed by atoms with E-state index in [0.29, 0.717) is 44.9 Å². The van der Waals surface area contributed by atoms with Gasteiger partial charge in [0.05, 0.1) is 5.60 Å². The molecule has 0 atom stereocenters. The summed E-state index contributed by atoms with van der Waals surface area (Å²) in [5.41, 5.74) is 2.45. The minimum Gasteiger partial charge on any atom is -0.508 e. The Morgan fingerprint density at radius 2 is 1.84 bits per heavy atom. The van der Waals surface area contributed by atoms with Crippen LogP contribution in [0.4, 0.5) is 0 Å². The van der Waals surface area contributed by atoms with E-state index in [1.165, 1.54) is 5.56 Å². The first-order valence-electron chi connectivity index (χ1n) is 6.80. The average Bonchev–Trinajstić information content (AvgIpc) is 2.36. The van der Waals surface area contributed by atoms with Gasteiger partial charge in [0.15, 0.2) is 0 Å². The first kappa shape index (κ1) is 14.3. The number of nitrogens with one attached hydrogen (secondary N) is 1. The highest BCUT2D eigenvalue weighted by atomic mass is 16.5. The molecule has 0 radical (unpaired) electrons. The van der Waals surface area contributed by atoms with Gasteiger partial charge in [-0.2, -0.15) is 0 Å². The molecule has 3 N–H and O–H groups in total. The molecule has 19 heavy (non-hydrogen) atoms. The molecule has 2 rings (SSSR count). The SMILES string of the molecule is Cc1cc(O)c(CNCC2(O)CCOCC2)cc1C. The first-order valence-corrected chi connectivity index (χ1v) is 6.80. The number of phenols is 1. The van der Waals surface area contributed by atoms with E-state index in [0.717, 1.165) is 11.1 Å². The predicted molar refractivity (Wildman–Crippen MR) is 74.3 cm³/mol. The summed E-state index contributed by atoms with van der Waals surface area (Å²) in [5.74, 6) is 0.314. The predicted octanol–water partition coefficient (Wildman–Crippen LogP) is 1.64. The third-order valence-corrected chi connectivity index (χ3v) is 3.89. The van der Waals surface area contributed by atoms with Gasteiger partial charge in [0.1, 0.15) is 5.75 Å². The number of aliphatic hydroxyl groups is 1. The highest BCUT2D eigenvalue weighted by Gasteiger charge is 2.29. The molecule has 1 aromatic rings. The molecule has 1 aliphatic heterocycles. The van der Waals surface area contributed by atoms with Crippen molar-refractivity contribution in [2.24, 2.45) is 0 Å². The summed E-state index contributed by atoms with van der Waals surface area (Å²) >= 11 is 0. The van der Waals surface area contributed by atoms with E-state index in [4.69, 9.17) is 4.74 Å². The third kappa shape index (κ3) is 3.69. The summed E-state index contributed by atoms with van der Waals surface area (Å²) in [6.07, 6.45) is 1.33. The normalized spacial score (nSPS) is 18.5. The molecule has 0 aromatic heterocycles. The molecule has 0 amide bonds. The van der Waals surface area contributed by atoms with Gasteiger partial charge in [-0.1, -0.05) is 6.07 Å². The first-order chi connectivity index (χ1) is 9.00. The van der Waals surface area contributed by atoms with E-state index >= 15 is 0 Å². The average molecular weight is 265 g/mol. The van der Waals surface area contributed by atoms with E-state index < -0.39 is 5.60 Å². The lowest BCUT2D eigenvalue weighted by Crippen LogP contribution is -2.44. The maximum atomic E-state index is 10.3. The third-order valence-electron chi connectivity index (χ3n) is 3.89. The van der Waals surface area contributed by atoms with Crippen molar-refractivity contribution in [1.82, 2.24) is 5.32 Å². The second-order valence-corrected chi connectivity index (χ2v) is 5.51. The van der Waals surface area contributed by atoms with Crippen LogP contribution in [-0.2, 0) is 11.3 Å². The largest absolute Gasteiger partial charge is 0.508 e. The molecular formula is C15H23NO3. The molecule has 1 aromatic carbocycles. The Morgan fingerprint density at radius 3 is 2.53 bits per heavy atom. The van der Waals surface area contributed by atoms with Crippen molar-refractivity contribution in [3.05, 3.63) is 28.8 Å². The van der Waals surface area contributed by atoms with Crippen LogP contribution in [0.25, 0.3) is 0 Å². The second-order valence-electron chi connectivity index (χ2n) is 5.51. The Morgan fingerprint density at radius 1 is 1.21 bits per heavy atom. The molecule has 106 valence electrons. The lowest BCUT2D eigenvalue weighted by atomic mass is 9.94. The van der Waals surface area contributed by atoms with Gasteiger partial charge in [-0.15, -0.1) is 0 Å². The molecule has 1 heterocycles. The number of rotatable bonds is 4. The van der Waals surface area contributed by atoms with Gasteiger partial charge in [0.2, 0.25) is 0 Å². The van der Waals surface area contributed by atoms with E-state index in [1.54, 1.807) is 6.07 Å². The summed E-state index contributed by atoms with van der Waals surface area (Å²) in [7, 11) is 0. The number of hydrogen-bond acceptors (Lipinski definition) is 4. The van der Waals surface area contributed by atoms with Crippen LogP contribution >= 0.6 is 0 Å². The zero-order chi connectivity index (χ0) is 13.9. The van der Waals surface area contributed by atoms with E-state index in [2.05, 4.69) is 5.32 Å². The van der Waals surface area contributed by atoms with Crippen molar-refractivity contribution in [3.8, 4) is 5.75 Å². The van der Waals surface area contributed by atoms with Crippen LogP contribution in [0, 0.1) is 13.8 Å². The number of hydrogen-bond donors (Lipinski definition) is 3. The number of aryl methyl sites for hydroxylation is 2. The Bertz CT molecular complexity index is 439. The van der Waals surface area contributed by atoms with Crippen molar-refractivity contribution in [3.63, 3.8) is 0 Å². The smallest absolute Gasteiger partial charge is 0.120 e. The summed E-state index contributed by atoms with van der Waals surface area (Å²) in [6.45, 7) is 6.35. The molecule has 1 fully saturated rings. The number of aromatic hydroxyl groups is 1. The maximum absolute atomic E-state index is 10.3. The molecular weight excluding hydrogens is 242 g/mol. The Kier molecular flexibility index (Phi) is 4.45. The summed E-state index contributed by atoms with van der Waals surface area (Å²) in [4.78, 5) is 0. The molecule has 1 saturated heterocycles. The molecule has 0 aliphatic carbocycles. The highest BCUT2D eigenvalue weighted by molar-refractivity contribution is 5.40. The Labute approximate surface area is 114 Å². The van der Waals surface area contributed by atoms with Gasteiger partial charge >= 0.3 is 0 Å². The second kappa shape index (κ2) is 5.90. The Hall–Kier alpha value is -1.10. The maximum Gasteiger partial charge on any atom is 0.120 e. The molecule has 0 saturated carbocycles. The summed E-state index contributed by atoms with van der Waals surface area (Å²) < 4.78 is 5.25. The van der Waals surface area contributed by atoms with Crippen LogP contribution in [-0.4, -0.2) is 35.6 Å². The molecule has 0 bridgehead atoms. The van der Waals surface area contributed by atoms with Gasteiger partial charge in [-0.05, 0) is 31.0 Å². The monoisotopic (exact) mass is 265 g/mol. The quantitative estimate of drug-likeness (QED) is 0.774. The van der Waals surface area contributed by atoms with Crippen LogP contribution < -0.4 is 5.32 Å². The van der Waals surface area contributed by atoms with Crippen LogP contribution in [0.5, 0.6) is 5.75 Å². The van der Waals surface area contributed by atoms with Gasteiger partial charge in [0.25, 0.3) is 0 Å². The fourth-order valence-corrected chi connectivity index (χ4v) is 2.36. The van der Waals surface area contributed by atoms with Gasteiger partial charge in [0, 0.05) is 44.7 Å². The zero-order valence-electron chi connectivity index (χ0n) is 11.7. The Balaban J connectivity index is 1.90. The van der Waals surface area contributed by atoms with Crippen LogP contribution in [0.3, 0.4) is 0 Å². The topological polar surface area (TPSA) is 61.7 Å². The van der Waals surface area contributed by atoms with Crippen molar-refractivity contribution in [2.75, 3.05) is 19.8 Å². The fraction of sp³-hybridized carbons (Fsp3) is 0.600. The molecule has 1 aliphatic rings. The number of ether oxygens (including phenoxy) is 1. The fourth-order valence-electron chi connectivity index (χ4n) is 2.36. The molecule has 4 nitrogen and oxygen atoms in total. The molecule has 0 unspecified atom stereocenters. The molecule has 4 heteroatoms. The standard InChI is InChI=1S/C15H23NO3/c1-11-7-13(14(17)8-12(11)2)9-16-10-15(18)3-5-19-6-4-15/h7-8,16-18H,3-6,9-10H2,1-2H3. The summed E-state index contributed by atoms with van der Waals surface area (Å²) in [5, 5.41) is 23.4. The van der Waals surface area contributed by atoms with Gasteiger partial charge < -0.3 is 20.3 Å². The highest BCUT2D eigenvalue weighted by Crippen LogP contribution is 2.23. The van der Waals surface area contributed by atoms with Crippen LogP contribution in [0.1, 0.15) is 29.5 Å². The van der Waals surface area contributed by atoms with Crippen molar-refractivity contribution in [1.29, 1.82) is 0 Å². The minimum atomic E-state index is -0.673. The van der Waals surface area contributed by atoms with Crippen LogP contribution in [0.15, 0.2) is 12.1 Å².